The van der Waals surface area contributed by atoms with E-state index in [1.54, 1.807) is 6.08 Å². The number of esters is 1. The first-order chi connectivity index (χ1) is 19.4. The van der Waals surface area contributed by atoms with Crippen LogP contribution in [0.3, 0.4) is 0 Å². The fourth-order valence-electron chi connectivity index (χ4n) is 10.0. The summed E-state index contributed by atoms with van der Waals surface area (Å²) >= 11 is 0. The summed E-state index contributed by atoms with van der Waals surface area (Å²) in [5, 5.41) is 23.4. The van der Waals surface area contributed by atoms with Crippen molar-refractivity contribution in [3.05, 3.63) is 46.5 Å². The monoisotopic (exact) mass is 567 g/mol. The van der Waals surface area contributed by atoms with Crippen LogP contribution in [0.25, 0.3) is 0 Å². The van der Waals surface area contributed by atoms with Gasteiger partial charge in [-0.2, -0.15) is 0 Å². The highest BCUT2D eigenvalue weighted by Gasteiger charge is 2.69. The number of hydrogen-bond donors (Lipinski definition) is 1. The molecule has 9 nitrogen and oxygen atoms in total. The van der Waals surface area contributed by atoms with Crippen LogP contribution >= 0.6 is 0 Å². The predicted octanol–water partition coefficient (Wildman–Crippen LogP) is 6.37. The van der Waals surface area contributed by atoms with Gasteiger partial charge in [-0.3, -0.25) is 10.1 Å². The highest BCUT2D eigenvalue weighted by Crippen LogP contribution is 2.71. The van der Waals surface area contributed by atoms with Crippen LogP contribution in [-0.4, -0.2) is 40.5 Å². The number of cyclic esters (lactones) is 1. The van der Waals surface area contributed by atoms with Crippen LogP contribution in [0.1, 0.15) is 78.6 Å². The number of non-ortho nitro benzene ring substituents is 1. The van der Waals surface area contributed by atoms with Gasteiger partial charge in [0.25, 0.3) is 5.69 Å². The summed E-state index contributed by atoms with van der Waals surface area (Å²) in [6, 6.07) is 5.38. The van der Waals surface area contributed by atoms with Crippen LogP contribution < -0.4 is 4.74 Å². The van der Waals surface area contributed by atoms with Crippen molar-refractivity contribution in [2.24, 2.45) is 39.9 Å². The van der Waals surface area contributed by atoms with Crippen LogP contribution in [0.5, 0.6) is 5.75 Å². The number of rotatable bonds is 4. The molecule has 4 fully saturated rings. The van der Waals surface area contributed by atoms with Crippen molar-refractivity contribution >= 4 is 17.8 Å². The van der Waals surface area contributed by atoms with Crippen LogP contribution in [-0.2, 0) is 14.3 Å². The van der Waals surface area contributed by atoms with Gasteiger partial charge in [-0.1, -0.05) is 26.8 Å². The van der Waals surface area contributed by atoms with E-state index in [1.807, 2.05) is 6.08 Å². The minimum Gasteiger partial charge on any atom is -0.462 e. The minimum absolute atomic E-state index is 0.0702. The lowest BCUT2D eigenvalue weighted by Crippen LogP contribution is -2.63. The number of ether oxygens (including phenoxy) is 3. The van der Waals surface area contributed by atoms with Gasteiger partial charge in [0, 0.05) is 29.0 Å². The zero-order chi connectivity index (χ0) is 29.2. The zero-order valence-corrected chi connectivity index (χ0v) is 24.2. The van der Waals surface area contributed by atoms with Crippen LogP contribution in [0.2, 0.25) is 0 Å². The standard InChI is InChI=1S/C32H41NO8/c1-29(14-13-27(34)39-19-29)26-12-17-32(36)25-9-4-20-18-23(10-15-30(20,2)24(25)11-16-31(26,32)3)41-28(35)40-22-7-5-21(6-8-22)33(37)38/h5-8,13-14,20,23-26,36H,4,9-12,15-19H2,1-3H3/t20-,23+,24+,25-,26-,29?,30+,31-,32+/m1/s1. The van der Waals surface area contributed by atoms with Gasteiger partial charge in [0.15, 0.2) is 0 Å². The largest absolute Gasteiger partial charge is 0.514 e. The number of hydrogen-bond acceptors (Lipinski definition) is 8. The summed E-state index contributed by atoms with van der Waals surface area (Å²) in [5.74, 6) is 1.23. The quantitative estimate of drug-likeness (QED) is 0.193. The molecule has 41 heavy (non-hydrogen) atoms. The molecule has 0 amide bonds. The van der Waals surface area contributed by atoms with Crippen LogP contribution in [0.4, 0.5) is 10.5 Å². The summed E-state index contributed by atoms with van der Waals surface area (Å²) in [7, 11) is 0. The summed E-state index contributed by atoms with van der Waals surface area (Å²) in [5.41, 5.74) is -1.24. The van der Waals surface area contributed by atoms with Crippen molar-refractivity contribution in [3.8, 4) is 5.75 Å². The molecule has 0 saturated heterocycles. The molecule has 4 aliphatic carbocycles. The number of fused-ring (bicyclic) bond motifs is 5. The molecule has 1 heterocycles. The van der Waals surface area contributed by atoms with Gasteiger partial charge in [-0.25, -0.2) is 9.59 Å². The average Bonchev–Trinajstić information content (AvgIpc) is 3.22. The Hall–Kier alpha value is -2.94. The van der Waals surface area contributed by atoms with E-state index in [9.17, 15) is 24.8 Å². The van der Waals surface area contributed by atoms with E-state index in [1.165, 1.54) is 24.3 Å². The summed E-state index contributed by atoms with van der Waals surface area (Å²) in [6.45, 7) is 7.23. The molecule has 1 aromatic carbocycles. The van der Waals surface area contributed by atoms with Crippen molar-refractivity contribution in [2.45, 2.75) is 90.3 Å². The first-order valence-corrected chi connectivity index (χ1v) is 15.1. The molecule has 0 radical (unpaired) electrons. The Balaban J connectivity index is 1.12. The second-order valence-corrected chi connectivity index (χ2v) is 14.0. The maximum Gasteiger partial charge on any atom is 0.514 e. The maximum atomic E-state index is 12.5. The fraction of sp³-hybridized carbons (Fsp3) is 0.688. The van der Waals surface area contributed by atoms with Crippen molar-refractivity contribution < 1.29 is 33.8 Å². The van der Waals surface area contributed by atoms with Gasteiger partial charge in [0.1, 0.15) is 18.5 Å². The summed E-state index contributed by atoms with van der Waals surface area (Å²) in [4.78, 5) is 34.6. The number of benzene rings is 1. The molecule has 1 aromatic rings. The Bertz CT molecular complexity index is 1260. The lowest BCUT2D eigenvalue weighted by atomic mass is 9.42. The van der Waals surface area contributed by atoms with Crippen molar-refractivity contribution in [2.75, 3.05) is 6.61 Å². The van der Waals surface area contributed by atoms with Gasteiger partial charge >= 0.3 is 12.1 Å². The molecular formula is C32H41NO8. The molecule has 0 spiro atoms. The highest BCUT2D eigenvalue weighted by molar-refractivity contribution is 5.83. The third-order valence-electron chi connectivity index (χ3n) is 12.2. The topological polar surface area (TPSA) is 125 Å². The van der Waals surface area contributed by atoms with E-state index in [4.69, 9.17) is 14.2 Å². The lowest BCUT2D eigenvalue weighted by molar-refractivity contribution is -0.384. The van der Waals surface area contributed by atoms with Gasteiger partial charge in [0.05, 0.1) is 10.5 Å². The lowest BCUT2D eigenvalue weighted by Gasteiger charge is -2.64. The molecule has 1 aliphatic heterocycles. The predicted molar refractivity (Wildman–Crippen MR) is 149 cm³/mol. The molecule has 0 bridgehead atoms. The number of aliphatic hydroxyl groups is 1. The van der Waals surface area contributed by atoms with Crippen molar-refractivity contribution in [3.63, 3.8) is 0 Å². The molecule has 6 rings (SSSR count). The Morgan fingerprint density at radius 3 is 2.46 bits per heavy atom. The zero-order valence-electron chi connectivity index (χ0n) is 24.2. The van der Waals surface area contributed by atoms with E-state index in [2.05, 4.69) is 20.8 Å². The number of nitrogens with zero attached hydrogens (tertiary/aromatic N) is 1. The second-order valence-electron chi connectivity index (χ2n) is 14.0. The number of carbonyl (C=O) groups is 2. The van der Waals surface area contributed by atoms with Gasteiger partial charge in [-0.15, -0.1) is 0 Å². The average molecular weight is 568 g/mol. The van der Waals surface area contributed by atoms with E-state index in [0.717, 1.165) is 57.8 Å². The molecule has 9 heteroatoms. The van der Waals surface area contributed by atoms with Gasteiger partial charge < -0.3 is 19.3 Å². The van der Waals surface area contributed by atoms with Gasteiger partial charge in [-0.05, 0) is 99.0 Å². The van der Waals surface area contributed by atoms with Crippen LogP contribution in [0.15, 0.2) is 36.4 Å². The molecular weight excluding hydrogens is 526 g/mol. The third-order valence-corrected chi connectivity index (χ3v) is 12.2. The summed E-state index contributed by atoms with van der Waals surface area (Å²) < 4.78 is 16.5. The fourth-order valence-corrected chi connectivity index (χ4v) is 10.0. The smallest absolute Gasteiger partial charge is 0.462 e. The first kappa shape index (κ1) is 28.2. The molecule has 1 unspecified atom stereocenters. The maximum absolute atomic E-state index is 12.5. The Kier molecular flexibility index (Phi) is 6.75. The molecule has 9 atom stereocenters. The summed E-state index contributed by atoms with van der Waals surface area (Å²) in [6.07, 6.45) is 10.7. The second kappa shape index (κ2) is 9.82. The minimum atomic E-state index is -0.781. The number of nitro benzene ring substituents is 1. The van der Waals surface area contributed by atoms with E-state index in [0.29, 0.717) is 18.4 Å². The Morgan fingerprint density at radius 1 is 1.02 bits per heavy atom. The molecule has 1 N–H and O–H groups in total. The molecule has 4 saturated carbocycles. The van der Waals surface area contributed by atoms with E-state index < -0.39 is 16.7 Å². The third kappa shape index (κ3) is 4.46. The molecule has 0 aromatic heterocycles. The van der Waals surface area contributed by atoms with E-state index in [-0.39, 0.29) is 51.6 Å². The Morgan fingerprint density at radius 2 is 1.78 bits per heavy atom. The Labute approximate surface area is 240 Å². The van der Waals surface area contributed by atoms with Crippen molar-refractivity contribution in [1.29, 1.82) is 0 Å². The van der Waals surface area contributed by atoms with Gasteiger partial charge in [0.2, 0.25) is 0 Å². The highest BCUT2D eigenvalue weighted by atomic mass is 16.7. The van der Waals surface area contributed by atoms with Crippen LogP contribution in [0, 0.1) is 50.0 Å². The number of nitro groups is 1. The molecule has 5 aliphatic rings. The van der Waals surface area contributed by atoms with Crippen molar-refractivity contribution in [1.82, 2.24) is 0 Å². The number of carbonyl (C=O) groups excluding carboxylic acids is 2. The molecule has 222 valence electrons. The normalized spacial score (nSPS) is 43.2. The van der Waals surface area contributed by atoms with E-state index >= 15 is 0 Å². The SMILES string of the molecule is CC1([C@H]2CC[C@]3(O)[C@@H]4CC[C@@H]5C[C@@H](OC(=O)Oc6ccc([N+](=O)[O-])cc6)CC[C@]5(C)[C@H]4CC[C@]23C)C=CC(=O)OC1. The first-order valence-electron chi connectivity index (χ1n) is 15.1.